The van der Waals surface area contributed by atoms with Gasteiger partial charge in [-0.25, -0.2) is 4.68 Å². The monoisotopic (exact) mass is 368 g/mol. The molecule has 1 heterocycles. The van der Waals surface area contributed by atoms with E-state index in [2.05, 4.69) is 50.3 Å². The van der Waals surface area contributed by atoms with Crippen molar-refractivity contribution in [1.82, 2.24) is 25.7 Å². The van der Waals surface area contributed by atoms with Crippen LogP contribution in [0, 0.1) is 0 Å². The van der Waals surface area contributed by atoms with Gasteiger partial charge in [0, 0.05) is 45.0 Å². The maximum absolute atomic E-state index is 11.6. The molecule has 0 bridgehead atoms. The maximum Gasteiger partial charge on any atom is 0.220 e. The molecule has 7 nitrogen and oxygen atoms in total. The number of carbonyl (C=O) groups is 1. The highest BCUT2D eigenvalue weighted by molar-refractivity contribution is 5.80. The lowest BCUT2D eigenvalue weighted by Crippen LogP contribution is -2.39. The van der Waals surface area contributed by atoms with E-state index in [1.54, 1.807) is 13.2 Å². The van der Waals surface area contributed by atoms with Gasteiger partial charge in [0.1, 0.15) is 0 Å². The SMILES string of the molecule is CN=C(NCCCC(=O)NC1CC1)NCCc1ccc(-n2cccn2)cc1. The van der Waals surface area contributed by atoms with Gasteiger partial charge in [-0.15, -0.1) is 0 Å². The van der Waals surface area contributed by atoms with E-state index in [0.29, 0.717) is 12.5 Å². The standard InChI is InChI=1S/C20H28N6O/c1-21-20(22-12-2-4-19(27)25-17-7-8-17)23-14-11-16-5-9-18(10-6-16)26-15-3-13-24-26/h3,5-6,9-10,13,15,17H,2,4,7-8,11-12,14H2,1H3,(H,25,27)(H2,21,22,23). The fraction of sp³-hybridized carbons (Fsp3) is 0.450. The van der Waals surface area contributed by atoms with E-state index in [9.17, 15) is 4.79 Å². The Labute approximate surface area is 160 Å². The van der Waals surface area contributed by atoms with Crippen LogP contribution < -0.4 is 16.0 Å². The highest BCUT2D eigenvalue weighted by atomic mass is 16.1. The van der Waals surface area contributed by atoms with Crippen molar-refractivity contribution >= 4 is 11.9 Å². The number of amides is 1. The van der Waals surface area contributed by atoms with Crippen LogP contribution in [0.4, 0.5) is 0 Å². The summed E-state index contributed by atoms with van der Waals surface area (Å²) in [6.45, 7) is 1.53. The van der Waals surface area contributed by atoms with Crippen molar-refractivity contribution in [1.29, 1.82) is 0 Å². The van der Waals surface area contributed by atoms with E-state index in [0.717, 1.165) is 50.4 Å². The Hall–Kier alpha value is -2.83. The zero-order valence-electron chi connectivity index (χ0n) is 15.8. The summed E-state index contributed by atoms with van der Waals surface area (Å²) in [5.74, 6) is 0.923. The molecular formula is C20H28N6O. The summed E-state index contributed by atoms with van der Waals surface area (Å²) in [7, 11) is 1.76. The lowest BCUT2D eigenvalue weighted by molar-refractivity contribution is -0.121. The molecule has 0 radical (unpaired) electrons. The minimum atomic E-state index is 0.154. The molecule has 0 unspecified atom stereocenters. The van der Waals surface area contributed by atoms with Gasteiger partial charge >= 0.3 is 0 Å². The van der Waals surface area contributed by atoms with Crippen molar-refractivity contribution in [3.05, 3.63) is 48.3 Å². The highest BCUT2D eigenvalue weighted by Gasteiger charge is 2.22. The second kappa shape index (κ2) is 9.75. The predicted octanol–water partition coefficient (Wildman–Crippen LogP) is 1.64. The summed E-state index contributed by atoms with van der Waals surface area (Å²) >= 11 is 0. The van der Waals surface area contributed by atoms with E-state index in [4.69, 9.17) is 0 Å². The third-order valence-electron chi connectivity index (χ3n) is 4.45. The molecule has 0 atom stereocenters. The molecule has 1 fully saturated rings. The van der Waals surface area contributed by atoms with Gasteiger partial charge < -0.3 is 16.0 Å². The lowest BCUT2D eigenvalue weighted by Gasteiger charge is -2.12. The first-order chi connectivity index (χ1) is 13.2. The van der Waals surface area contributed by atoms with Gasteiger partial charge in [0.15, 0.2) is 5.96 Å². The topological polar surface area (TPSA) is 83.3 Å². The molecule has 3 rings (SSSR count). The van der Waals surface area contributed by atoms with E-state index >= 15 is 0 Å². The summed E-state index contributed by atoms with van der Waals surface area (Å²) in [4.78, 5) is 15.9. The molecule has 2 aromatic rings. The Morgan fingerprint density at radius 1 is 1.22 bits per heavy atom. The van der Waals surface area contributed by atoms with Gasteiger partial charge in [-0.05, 0) is 49.4 Å². The van der Waals surface area contributed by atoms with Crippen LogP contribution in [0.5, 0.6) is 0 Å². The van der Waals surface area contributed by atoms with Gasteiger partial charge in [0.2, 0.25) is 5.91 Å². The average molecular weight is 368 g/mol. The zero-order valence-corrected chi connectivity index (χ0v) is 15.8. The van der Waals surface area contributed by atoms with E-state index in [1.165, 1.54) is 5.56 Å². The number of guanidine groups is 1. The van der Waals surface area contributed by atoms with Crippen LogP contribution in [-0.4, -0.2) is 47.8 Å². The van der Waals surface area contributed by atoms with Crippen LogP contribution in [-0.2, 0) is 11.2 Å². The summed E-state index contributed by atoms with van der Waals surface area (Å²) in [5, 5.41) is 13.8. The van der Waals surface area contributed by atoms with Gasteiger partial charge in [-0.1, -0.05) is 12.1 Å². The van der Waals surface area contributed by atoms with Crippen molar-refractivity contribution in [2.45, 2.75) is 38.1 Å². The van der Waals surface area contributed by atoms with Crippen molar-refractivity contribution in [2.75, 3.05) is 20.1 Å². The van der Waals surface area contributed by atoms with Crippen LogP contribution in [0.2, 0.25) is 0 Å². The molecule has 27 heavy (non-hydrogen) atoms. The van der Waals surface area contributed by atoms with Crippen LogP contribution in [0.3, 0.4) is 0 Å². The number of aliphatic imine (C=N–C) groups is 1. The van der Waals surface area contributed by atoms with E-state index in [1.807, 2.05) is 16.9 Å². The predicted molar refractivity (Wildman–Crippen MR) is 107 cm³/mol. The molecule has 144 valence electrons. The van der Waals surface area contributed by atoms with Gasteiger partial charge in [-0.2, -0.15) is 5.10 Å². The molecule has 1 aromatic carbocycles. The largest absolute Gasteiger partial charge is 0.356 e. The molecule has 3 N–H and O–H groups in total. The smallest absolute Gasteiger partial charge is 0.220 e. The molecule has 1 aliphatic rings. The number of rotatable bonds is 9. The number of nitrogens with zero attached hydrogens (tertiary/aromatic N) is 3. The van der Waals surface area contributed by atoms with E-state index < -0.39 is 0 Å². The fourth-order valence-corrected chi connectivity index (χ4v) is 2.77. The quantitative estimate of drug-likeness (QED) is 0.357. The molecule has 1 aromatic heterocycles. The summed E-state index contributed by atoms with van der Waals surface area (Å²) in [5.41, 5.74) is 2.31. The summed E-state index contributed by atoms with van der Waals surface area (Å²) in [6, 6.07) is 10.7. The van der Waals surface area contributed by atoms with Crippen LogP contribution >= 0.6 is 0 Å². The second-order valence-corrected chi connectivity index (χ2v) is 6.74. The Balaban J connectivity index is 1.31. The molecule has 1 saturated carbocycles. The van der Waals surface area contributed by atoms with Gasteiger partial charge in [0.25, 0.3) is 0 Å². The Morgan fingerprint density at radius 2 is 2.00 bits per heavy atom. The molecule has 1 aliphatic carbocycles. The van der Waals surface area contributed by atoms with Crippen molar-refractivity contribution < 1.29 is 4.79 Å². The first-order valence-electron chi connectivity index (χ1n) is 9.57. The number of hydrogen-bond donors (Lipinski definition) is 3. The second-order valence-electron chi connectivity index (χ2n) is 6.74. The number of nitrogens with one attached hydrogen (secondary N) is 3. The molecule has 0 aliphatic heterocycles. The molecule has 0 spiro atoms. The van der Waals surface area contributed by atoms with Crippen molar-refractivity contribution in [3.63, 3.8) is 0 Å². The summed E-state index contributed by atoms with van der Waals surface area (Å²) in [6.07, 6.45) is 8.23. The Morgan fingerprint density at radius 3 is 2.67 bits per heavy atom. The molecule has 0 saturated heterocycles. The van der Waals surface area contributed by atoms with Gasteiger partial charge in [0.05, 0.1) is 5.69 Å². The van der Waals surface area contributed by atoms with Crippen LogP contribution in [0.15, 0.2) is 47.7 Å². The Kier molecular flexibility index (Phi) is 6.84. The minimum Gasteiger partial charge on any atom is -0.356 e. The third-order valence-corrected chi connectivity index (χ3v) is 4.45. The first kappa shape index (κ1) is 18.9. The molecule has 1 amide bonds. The lowest BCUT2D eigenvalue weighted by atomic mass is 10.1. The minimum absolute atomic E-state index is 0.154. The summed E-state index contributed by atoms with van der Waals surface area (Å²) < 4.78 is 1.85. The average Bonchev–Trinajstić information content (AvgIpc) is 3.32. The fourth-order valence-electron chi connectivity index (χ4n) is 2.77. The van der Waals surface area contributed by atoms with Crippen molar-refractivity contribution in [3.8, 4) is 5.69 Å². The van der Waals surface area contributed by atoms with Crippen LogP contribution in [0.25, 0.3) is 5.69 Å². The zero-order chi connectivity index (χ0) is 18.9. The number of benzene rings is 1. The number of aromatic nitrogens is 2. The Bertz CT molecular complexity index is 734. The third kappa shape index (κ3) is 6.44. The number of hydrogen-bond acceptors (Lipinski definition) is 3. The molecular weight excluding hydrogens is 340 g/mol. The van der Waals surface area contributed by atoms with E-state index in [-0.39, 0.29) is 5.91 Å². The van der Waals surface area contributed by atoms with Crippen molar-refractivity contribution in [2.24, 2.45) is 4.99 Å². The molecule has 7 heteroatoms. The van der Waals surface area contributed by atoms with Gasteiger partial charge in [-0.3, -0.25) is 9.79 Å². The number of carbonyl (C=O) groups excluding carboxylic acids is 1. The van der Waals surface area contributed by atoms with Crippen LogP contribution in [0.1, 0.15) is 31.2 Å². The normalized spacial score (nSPS) is 14.0. The first-order valence-corrected chi connectivity index (χ1v) is 9.57. The maximum atomic E-state index is 11.6. The highest BCUT2D eigenvalue weighted by Crippen LogP contribution is 2.18.